The van der Waals surface area contributed by atoms with Crippen LogP contribution in [-0.4, -0.2) is 25.3 Å². The molecule has 3 aromatic heterocycles. The molecular formula is C11H8N4OS. The Morgan fingerprint density at radius 2 is 2.35 bits per heavy atom. The van der Waals surface area contributed by atoms with Gasteiger partial charge in [0, 0.05) is 12.4 Å². The summed E-state index contributed by atoms with van der Waals surface area (Å²) in [6, 6.07) is 3.57. The van der Waals surface area contributed by atoms with Gasteiger partial charge < -0.3 is 4.40 Å². The Labute approximate surface area is 101 Å². The van der Waals surface area contributed by atoms with Crippen molar-refractivity contribution in [2.45, 2.75) is 6.92 Å². The molecule has 84 valence electrons. The summed E-state index contributed by atoms with van der Waals surface area (Å²) in [6.45, 7) is 1.89. The molecule has 0 amide bonds. The number of aromatic nitrogens is 4. The topological polar surface area (TPSA) is 60.2 Å². The van der Waals surface area contributed by atoms with E-state index in [9.17, 15) is 4.79 Å². The smallest absolute Gasteiger partial charge is 0.153 e. The van der Waals surface area contributed by atoms with E-state index >= 15 is 0 Å². The lowest BCUT2D eigenvalue weighted by atomic mass is 10.3. The van der Waals surface area contributed by atoms with E-state index in [4.69, 9.17) is 0 Å². The van der Waals surface area contributed by atoms with E-state index in [-0.39, 0.29) is 0 Å². The van der Waals surface area contributed by atoms with Crippen LogP contribution in [0.15, 0.2) is 24.5 Å². The zero-order valence-electron chi connectivity index (χ0n) is 8.99. The average molecular weight is 244 g/mol. The third-order valence-corrected chi connectivity index (χ3v) is 3.37. The maximum atomic E-state index is 10.9. The van der Waals surface area contributed by atoms with Gasteiger partial charge >= 0.3 is 0 Å². The van der Waals surface area contributed by atoms with Crippen molar-refractivity contribution in [3.63, 3.8) is 0 Å². The van der Waals surface area contributed by atoms with Gasteiger partial charge in [-0.3, -0.25) is 4.79 Å². The van der Waals surface area contributed by atoms with Crippen molar-refractivity contribution in [1.82, 2.24) is 19.0 Å². The van der Waals surface area contributed by atoms with Crippen LogP contribution in [0.4, 0.5) is 0 Å². The summed E-state index contributed by atoms with van der Waals surface area (Å²) in [7, 11) is 0. The largest absolute Gasteiger partial charge is 0.306 e. The Hall–Kier alpha value is -2.08. The highest BCUT2D eigenvalue weighted by atomic mass is 32.1. The number of hydrogen-bond donors (Lipinski definition) is 0. The lowest BCUT2D eigenvalue weighted by Gasteiger charge is -1.93. The first-order chi connectivity index (χ1) is 8.29. The first kappa shape index (κ1) is 10.1. The van der Waals surface area contributed by atoms with E-state index in [0.717, 1.165) is 22.6 Å². The first-order valence-electron chi connectivity index (χ1n) is 5.02. The third kappa shape index (κ3) is 1.53. The second-order valence-corrected chi connectivity index (χ2v) is 4.38. The van der Waals surface area contributed by atoms with Crippen LogP contribution < -0.4 is 0 Å². The van der Waals surface area contributed by atoms with Crippen molar-refractivity contribution in [3.8, 4) is 10.6 Å². The monoisotopic (exact) mass is 244 g/mol. The van der Waals surface area contributed by atoms with Crippen LogP contribution in [0.5, 0.6) is 0 Å². The van der Waals surface area contributed by atoms with Gasteiger partial charge in [-0.15, -0.1) is 5.10 Å². The van der Waals surface area contributed by atoms with Gasteiger partial charge in [0.1, 0.15) is 11.3 Å². The maximum absolute atomic E-state index is 10.9. The van der Waals surface area contributed by atoms with Crippen molar-refractivity contribution >= 4 is 23.5 Å². The lowest BCUT2D eigenvalue weighted by molar-refractivity contribution is 0.112. The molecule has 6 heteroatoms. The molecule has 17 heavy (non-hydrogen) atoms. The Morgan fingerprint density at radius 3 is 3.06 bits per heavy atom. The molecule has 0 saturated heterocycles. The Bertz CT molecular complexity index is 700. The summed E-state index contributed by atoms with van der Waals surface area (Å²) in [4.78, 5) is 16.3. The van der Waals surface area contributed by atoms with Crippen molar-refractivity contribution in [1.29, 1.82) is 0 Å². The summed E-state index contributed by atoms with van der Waals surface area (Å²) < 4.78 is 5.72. The number of imidazole rings is 1. The number of carbonyl (C=O) groups excluding carboxylic acids is 1. The van der Waals surface area contributed by atoms with Gasteiger partial charge in [0.15, 0.2) is 6.29 Å². The fraction of sp³-hybridized carbons (Fsp3) is 0.0909. The number of aldehydes is 1. The van der Waals surface area contributed by atoms with Crippen molar-refractivity contribution in [2.75, 3.05) is 0 Å². The minimum absolute atomic E-state index is 0.578. The van der Waals surface area contributed by atoms with Gasteiger partial charge in [-0.05, 0) is 30.6 Å². The SMILES string of the molecule is Cc1nnsc1-c1cn2cccc(C=O)c2n1. The molecule has 5 nitrogen and oxygen atoms in total. The van der Waals surface area contributed by atoms with Crippen molar-refractivity contribution < 1.29 is 4.79 Å². The fourth-order valence-corrected chi connectivity index (χ4v) is 2.31. The van der Waals surface area contributed by atoms with Crippen LogP contribution in [0.3, 0.4) is 0 Å². The van der Waals surface area contributed by atoms with Crippen LogP contribution in [0, 0.1) is 6.92 Å². The number of pyridine rings is 1. The Kier molecular flexibility index (Phi) is 2.22. The quantitative estimate of drug-likeness (QED) is 0.647. The second kappa shape index (κ2) is 3.74. The molecule has 0 unspecified atom stereocenters. The summed E-state index contributed by atoms with van der Waals surface area (Å²) in [5, 5.41) is 3.96. The minimum atomic E-state index is 0.578. The molecule has 0 aliphatic heterocycles. The second-order valence-electron chi connectivity index (χ2n) is 3.63. The highest BCUT2D eigenvalue weighted by Gasteiger charge is 2.12. The van der Waals surface area contributed by atoms with Crippen LogP contribution in [0.1, 0.15) is 16.1 Å². The van der Waals surface area contributed by atoms with Gasteiger partial charge in [0.05, 0.1) is 16.1 Å². The molecule has 0 atom stereocenters. The summed E-state index contributed by atoms with van der Waals surface area (Å²) in [5.41, 5.74) is 2.89. The van der Waals surface area contributed by atoms with Gasteiger partial charge in [-0.2, -0.15) is 0 Å². The molecular weight excluding hydrogens is 236 g/mol. The van der Waals surface area contributed by atoms with E-state index in [1.165, 1.54) is 11.5 Å². The van der Waals surface area contributed by atoms with E-state index in [2.05, 4.69) is 14.6 Å². The molecule has 3 aromatic rings. The molecule has 3 rings (SSSR count). The predicted molar refractivity (Wildman–Crippen MR) is 64.2 cm³/mol. The lowest BCUT2D eigenvalue weighted by Crippen LogP contribution is -1.88. The van der Waals surface area contributed by atoms with Gasteiger partial charge in [-0.1, -0.05) is 4.49 Å². The van der Waals surface area contributed by atoms with Crippen LogP contribution in [0.2, 0.25) is 0 Å². The number of carbonyl (C=O) groups is 1. The Balaban J connectivity index is 2.27. The molecule has 0 radical (unpaired) electrons. The van der Waals surface area contributed by atoms with E-state index in [0.29, 0.717) is 11.2 Å². The van der Waals surface area contributed by atoms with E-state index < -0.39 is 0 Å². The summed E-state index contributed by atoms with van der Waals surface area (Å²) >= 11 is 1.31. The zero-order chi connectivity index (χ0) is 11.8. The number of hydrogen-bond acceptors (Lipinski definition) is 5. The molecule has 0 bridgehead atoms. The zero-order valence-corrected chi connectivity index (χ0v) is 9.81. The predicted octanol–water partition coefficient (Wildman–Crippen LogP) is 1.97. The van der Waals surface area contributed by atoms with Crippen molar-refractivity contribution in [2.24, 2.45) is 0 Å². The average Bonchev–Trinajstić information content (AvgIpc) is 2.93. The molecule has 0 spiro atoms. The number of rotatable bonds is 2. The fourth-order valence-electron chi connectivity index (χ4n) is 1.70. The maximum Gasteiger partial charge on any atom is 0.153 e. The highest BCUT2D eigenvalue weighted by molar-refractivity contribution is 7.09. The first-order valence-corrected chi connectivity index (χ1v) is 5.79. The van der Waals surface area contributed by atoms with E-state index in [1.54, 1.807) is 6.07 Å². The summed E-state index contributed by atoms with van der Waals surface area (Å²) in [5.74, 6) is 0. The number of nitrogens with zero attached hydrogens (tertiary/aromatic N) is 4. The van der Waals surface area contributed by atoms with Gasteiger partial charge in [-0.25, -0.2) is 4.98 Å². The van der Waals surface area contributed by atoms with Crippen molar-refractivity contribution in [3.05, 3.63) is 35.8 Å². The van der Waals surface area contributed by atoms with Gasteiger partial charge in [0.2, 0.25) is 0 Å². The number of fused-ring (bicyclic) bond motifs is 1. The van der Waals surface area contributed by atoms with Crippen LogP contribution in [0.25, 0.3) is 16.2 Å². The standard InChI is InChI=1S/C11H8N4OS/c1-7-10(17-14-13-7)9-5-15-4-2-3-8(6-16)11(15)12-9/h2-6H,1H3. The molecule has 0 aliphatic carbocycles. The third-order valence-electron chi connectivity index (χ3n) is 2.52. The molecule has 0 aliphatic rings. The summed E-state index contributed by atoms with van der Waals surface area (Å²) in [6.07, 6.45) is 4.55. The minimum Gasteiger partial charge on any atom is -0.306 e. The normalized spacial score (nSPS) is 10.9. The van der Waals surface area contributed by atoms with E-state index in [1.807, 2.05) is 29.8 Å². The number of aryl methyl sites for hydroxylation is 1. The Morgan fingerprint density at radius 1 is 1.47 bits per heavy atom. The van der Waals surface area contributed by atoms with Crippen LogP contribution >= 0.6 is 11.5 Å². The van der Waals surface area contributed by atoms with Gasteiger partial charge in [0.25, 0.3) is 0 Å². The molecule has 0 aromatic carbocycles. The molecule has 0 saturated carbocycles. The highest BCUT2D eigenvalue weighted by Crippen LogP contribution is 2.25. The molecule has 0 N–H and O–H groups in total. The molecule has 3 heterocycles. The molecule has 0 fully saturated rings. The van der Waals surface area contributed by atoms with Crippen LogP contribution in [-0.2, 0) is 0 Å².